The average Bonchev–Trinajstić information content (AvgIpc) is 2.90. The molecular formula is C33H28. The summed E-state index contributed by atoms with van der Waals surface area (Å²) in [4.78, 5) is 0. The molecule has 160 valence electrons. The lowest BCUT2D eigenvalue weighted by Crippen LogP contribution is -2.00. The van der Waals surface area contributed by atoms with Crippen molar-refractivity contribution in [2.75, 3.05) is 0 Å². The summed E-state index contributed by atoms with van der Waals surface area (Å²) in [7, 11) is 0. The Morgan fingerprint density at radius 2 is 0.970 bits per heavy atom. The second-order valence-electron chi connectivity index (χ2n) is 8.68. The predicted octanol–water partition coefficient (Wildman–Crippen LogP) is 9.15. The molecule has 5 aromatic carbocycles. The van der Waals surface area contributed by atoms with E-state index < -0.39 is 0 Å². The molecule has 0 aliphatic carbocycles. The second kappa shape index (κ2) is 9.30. The maximum Gasteiger partial charge on any atom is 0.00640 e. The van der Waals surface area contributed by atoms with Crippen LogP contribution in [0.1, 0.15) is 29.5 Å². The third-order valence-electron chi connectivity index (χ3n) is 6.64. The molecule has 0 heteroatoms. The van der Waals surface area contributed by atoms with Crippen LogP contribution in [-0.4, -0.2) is 0 Å². The molecule has 1 atom stereocenters. The van der Waals surface area contributed by atoms with Gasteiger partial charge < -0.3 is 0 Å². The quantitative estimate of drug-likeness (QED) is 0.264. The Balaban J connectivity index is 1.45. The SMILES string of the molecule is Cc1c(-c2ccccc2)cccc1C(C)c1cccc(-c2ccc(-c3ccccc3)cc2)c1. The van der Waals surface area contributed by atoms with E-state index in [4.69, 9.17) is 0 Å². The number of rotatable bonds is 5. The van der Waals surface area contributed by atoms with Gasteiger partial charge in [-0.1, -0.05) is 134 Å². The van der Waals surface area contributed by atoms with Crippen LogP contribution in [-0.2, 0) is 0 Å². The summed E-state index contributed by atoms with van der Waals surface area (Å²) in [5.41, 5.74) is 11.7. The van der Waals surface area contributed by atoms with Gasteiger partial charge in [-0.2, -0.15) is 0 Å². The van der Waals surface area contributed by atoms with E-state index in [9.17, 15) is 0 Å². The normalized spacial score (nSPS) is 11.8. The topological polar surface area (TPSA) is 0 Å². The Morgan fingerprint density at radius 3 is 1.64 bits per heavy atom. The van der Waals surface area contributed by atoms with Crippen molar-refractivity contribution in [2.45, 2.75) is 19.8 Å². The van der Waals surface area contributed by atoms with Crippen LogP contribution in [0.5, 0.6) is 0 Å². The van der Waals surface area contributed by atoms with Crippen molar-refractivity contribution in [1.82, 2.24) is 0 Å². The molecule has 33 heavy (non-hydrogen) atoms. The van der Waals surface area contributed by atoms with Crippen LogP contribution >= 0.6 is 0 Å². The molecule has 0 bridgehead atoms. The minimum Gasteiger partial charge on any atom is -0.0622 e. The molecule has 5 aromatic rings. The van der Waals surface area contributed by atoms with E-state index in [0.29, 0.717) is 5.92 Å². The molecule has 0 N–H and O–H groups in total. The lowest BCUT2D eigenvalue weighted by Gasteiger charge is -2.19. The highest BCUT2D eigenvalue weighted by atomic mass is 14.2. The van der Waals surface area contributed by atoms with Gasteiger partial charge in [0.2, 0.25) is 0 Å². The third kappa shape index (κ3) is 4.38. The van der Waals surface area contributed by atoms with E-state index in [1.807, 2.05) is 0 Å². The first-order valence-electron chi connectivity index (χ1n) is 11.6. The van der Waals surface area contributed by atoms with Gasteiger partial charge in [-0.25, -0.2) is 0 Å². The second-order valence-corrected chi connectivity index (χ2v) is 8.68. The van der Waals surface area contributed by atoms with Crippen molar-refractivity contribution in [3.05, 3.63) is 144 Å². The van der Waals surface area contributed by atoms with Crippen LogP contribution in [0.3, 0.4) is 0 Å². The largest absolute Gasteiger partial charge is 0.0622 e. The molecule has 0 aliphatic heterocycles. The highest BCUT2D eigenvalue weighted by molar-refractivity contribution is 5.72. The Labute approximate surface area is 197 Å². The van der Waals surface area contributed by atoms with Crippen molar-refractivity contribution in [3.8, 4) is 33.4 Å². The summed E-state index contributed by atoms with van der Waals surface area (Å²) in [5, 5.41) is 0. The Bertz CT molecular complexity index is 1350. The molecule has 0 spiro atoms. The standard InChI is InChI=1S/C33H28/c1-24(32-17-10-18-33(25(32)2)29-13-7-4-8-14-29)30-15-9-16-31(23-30)28-21-19-27(20-22-28)26-11-5-3-6-12-26/h3-24H,1-2H3. The van der Waals surface area contributed by atoms with Gasteiger partial charge >= 0.3 is 0 Å². The summed E-state index contributed by atoms with van der Waals surface area (Å²) >= 11 is 0. The minimum absolute atomic E-state index is 0.317. The molecule has 1 unspecified atom stereocenters. The van der Waals surface area contributed by atoms with E-state index in [1.54, 1.807) is 0 Å². The smallest absolute Gasteiger partial charge is 0.00640 e. The zero-order valence-corrected chi connectivity index (χ0v) is 19.2. The van der Waals surface area contributed by atoms with Crippen molar-refractivity contribution in [2.24, 2.45) is 0 Å². The first-order valence-corrected chi connectivity index (χ1v) is 11.6. The summed E-state index contributed by atoms with van der Waals surface area (Å²) in [6.45, 7) is 4.56. The molecule has 0 saturated carbocycles. The molecule has 0 radical (unpaired) electrons. The van der Waals surface area contributed by atoms with E-state index in [1.165, 1.54) is 50.1 Å². The zero-order valence-electron chi connectivity index (χ0n) is 19.2. The van der Waals surface area contributed by atoms with Crippen LogP contribution in [0.2, 0.25) is 0 Å². The number of hydrogen-bond donors (Lipinski definition) is 0. The lowest BCUT2D eigenvalue weighted by atomic mass is 9.85. The maximum atomic E-state index is 2.34. The first-order chi connectivity index (χ1) is 16.2. The van der Waals surface area contributed by atoms with Crippen molar-refractivity contribution in [1.29, 1.82) is 0 Å². The van der Waals surface area contributed by atoms with Gasteiger partial charge in [-0.05, 0) is 57.0 Å². The zero-order chi connectivity index (χ0) is 22.6. The fourth-order valence-corrected chi connectivity index (χ4v) is 4.71. The van der Waals surface area contributed by atoms with E-state index >= 15 is 0 Å². The highest BCUT2D eigenvalue weighted by Gasteiger charge is 2.14. The Morgan fingerprint density at radius 1 is 0.455 bits per heavy atom. The van der Waals surface area contributed by atoms with Crippen LogP contribution in [0.15, 0.2) is 127 Å². The third-order valence-corrected chi connectivity index (χ3v) is 6.64. The molecule has 0 amide bonds. The van der Waals surface area contributed by atoms with E-state index in [2.05, 4.69) is 141 Å². The molecule has 5 rings (SSSR count). The van der Waals surface area contributed by atoms with Gasteiger partial charge in [0, 0.05) is 5.92 Å². The number of benzene rings is 5. The Kier molecular flexibility index (Phi) is 5.91. The summed E-state index contributed by atoms with van der Waals surface area (Å²) in [6.07, 6.45) is 0. The fourth-order valence-electron chi connectivity index (χ4n) is 4.71. The highest BCUT2D eigenvalue weighted by Crippen LogP contribution is 2.34. The Hall–Kier alpha value is -3.90. The maximum absolute atomic E-state index is 2.34. The van der Waals surface area contributed by atoms with Gasteiger partial charge in [0.1, 0.15) is 0 Å². The summed E-state index contributed by atoms with van der Waals surface area (Å²) in [5.74, 6) is 0.317. The van der Waals surface area contributed by atoms with Crippen LogP contribution in [0.25, 0.3) is 33.4 Å². The van der Waals surface area contributed by atoms with Gasteiger partial charge in [0.25, 0.3) is 0 Å². The van der Waals surface area contributed by atoms with Gasteiger partial charge in [-0.15, -0.1) is 0 Å². The molecule has 0 aromatic heterocycles. The molecule has 0 fully saturated rings. The van der Waals surface area contributed by atoms with E-state index in [-0.39, 0.29) is 0 Å². The van der Waals surface area contributed by atoms with Gasteiger partial charge in [0.05, 0.1) is 0 Å². The molecule has 0 heterocycles. The number of hydrogen-bond acceptors (Lipinski definition) is 0. The van der Waals surface area contributed by atoms with Crippen molar-refractivity contribution >= 4 is 0 Å². The molecule has 0 nitrogen and oxygen atoms in total. The van der Waals surface area contributed by atoms with Crippen LogP contribution in [0, 0.1) is 6.92 Å². The minimum atomic E-state index is 0.317. The monoisotopic (exact) mass is 424 g/mol. The molecule has 0 saturated heterocycles. The van der Waals surface area contributed by atoms with Gasteiger partial charge in [-0.3, -0.25) is 0 Å². The predicted molar refractivity (Wildman–Crippen MR) is 141 cm³/mol. The molecule has 0 aliphatic rings. The first kappa shape index (κ1) is 21.0. The van der Waals surface area contributed by atoms with E-state index in [0.717, 1.165) is 0 Å². The van der Waals surface area contributed by atoms with Crippen molar-refractivity contribution < 1.29 is 0 Å². The fraction of sp³-hybridized carbons (Fsp3) is 0.0909. The van der Waals surface area contributed by atoms with Crippen LogP contribution in [0.4, 0.5) is 0 Å². The lowest BCUT2D eigenvalue weighted by molar-refractivity contribution is 0.911. The average molecular weight is 425 g/mol. The van der Waals surface area contributed by atoms with Gasteiger partial charge in [0.15, 0.2) is 0 Å². The summed E-state index contributed by atoms with van der Waals surface area (Å²) in [6, 6.07) is 45.8. The van der Waals surface area contributed by atoms with Crippen LogP contribution < -0.4 is 0 Å². The summed E-state index contributed by atoms with van der Waals surface area (Å²) < 4.78 is 0. The molecular weight excluding hydrogens is 396 g/mol. The van der Waals surface area contributed by atoms with Crippen molar-refractivity contribution in [3.63, 3.8) is 0 Å².